The lowest BCUT2D eigenvalue weighted by Gasteiger charge is -2.05. The van der Waals surface area contributed by atoms with E-state index in [-0.39, 0.29) is 23.1 Å². The molecule has 1 amide bonds. The number of halogens is 2. The first kappa shape index (κ1) is 23.0. The molecule has 34 heavy (non-hydrogen) atoms. The molecule has 0 aliphatic rings. The monoisotopic (exact) mass is 484 g/mol. The number of aryl methyl sites for hydroxylation is 1. The van der Waals surface area contributed by atoms with Crippen LogP contribution in [-0.4, -0.2) is 20.6 Å². The Balaban J connectivity index is 1.34. The maximum atomic E-state index is 13.2. The molecule has 0 bridgehead atoms. The van der Waals surface area contributed by atoms with Crippen molar-refractivity contribution in [2.75, 3.05) is 5.32 Å². The fourth-order valence-electron chi connectivity index (χ4n) is 3.17. The normalized spacial score (nSPS) is 10.8. The van der Waals surface area contributed by atoms with Gasteiger partial charge >= 0.3 is 0 Å². The molecular weight excluding hydrogens is 467 g/mol. The summed E-state index contributed by atoms with van der Waals surface area (Å²) in [6.07, 6.45) is 1.66. The van der Waals surface area contributed by atoms with E-state index in [1.54, 1.807) is 42.1 Å². The molecule has 2 aromatic heterocycles. The average molecular weight is 485 g/mol. The van der Waals surface area contributed by atoms with Crippen molar-refractivity contribution in [2.45, 2.75) is 20.1 Å². The van der Waals surface area contributed by atoms with Crippen LogP contribution in [0.4, 0.5) is 15.9 Å². The minimum Gasteiger partial charge on any atom is -0.486 e. The molecule has 2 heterocycles. The lowest BCUT2D eigenvalue weighted by atomic mass is 10.2. The minimum atomic E-state index is -0.498. The zero-order valence-corrected chi connectivity index (χ0v) is 18.6. The standard InChI is InChI=1S/C23H18ClFN4O5/c1-14-10-17(4-6-20(14)29(31)32)33-13-18-5-7-21(34-18)23(30)26-22-8-9-28(27-22)12-15-2-3-16(25)11-19(15)24/h2-11H,12-13H2,1H3,(H,26,27,30). The van der Waals surface area contributed by atoms with Crippen molar-refractivity contribution >= 4 is 29.0 Å². The molecule has 0 unspecified atom stereocenters. The number of carbonyl (C=O) groups excluding carboxylic acids is 1. The van der Waals surface area contributed by atoms with E-state index < -0.39 is 16.6 Å². The van der Waals surface area contributed by atoms with Gasteiger partial charge in [-0.1, -0.05) is 17.7 Å². The molecule has 4 rings (SSSR count). The van der Waals surface area contributed by atoms with Gasteiger partial charge in [0.25, 0.3) is 11.6 Å². The van der Waals surface area contributed by atoms with Crippen LogP contribution in [-0.2, 0) is 13.2 Å². The highest BCUT2D eigenvalue weighted by molar-refractivity contribution is 6.31. The average Bonchev–Trinajstić information content (AvgIpc) is 3.43. The van der Waals surface area contributed by atoms with Crippen LogP contribution in [0, 0.1) is 22.9 Å². The molecule has 0 spiro atoms. The highest BCUT2D eigenvalue weighted by Gasteiger charge is 2.15. The van der Waals surface area contributed by atoms with Gasteiger partial charge in [-0.05, 0) is 48.9 Å². The molecule has 0 fully saturated rings. The number of aromatic nitrogens is 2. The number of nitro groups is 1. The van der Waals surface area contributed by atoms with Gasteiger partial charge in [-0.25, -0.2) is 4.39 Å². The number of benzene rings is 2. The first-order valence-electron chi connectivity index (χ1n) is 10.0. The number of hydrogen-bond acceptors (Lipinski definition) is 6. The molecule has 0 radical (unpaired) electrons. The van der Waals surface area contributed by atoms with Gasteiger partial charge in [-0.3, -0.25) is 19.6 Å². The summed E-state index contributed by atoms with van der Waals surface area (Å²) in [7, 11) is 0. The number of nitrogens with one attached hydrogen (secondary N) is 1. The van der Waals surface area contributed by atoms with E-state index in [1.807, 2.05) is 0 Å². The molecule has 0 aliphatic carbocycles. The predicted octanol–water partition coefficient (Wildman–Crippen LogP) is 5.36. The van der Waals surface area contributed by atoms with Crippen molar-refractivity contribution < 1.29 is 23.3 Å². The molecule has 9 nitrogen and oxygen atoms in total. The summed E-state index contributed by atoms with van der Waals surface area (Å²) < 4.78 is 25.9. The van der Waals surface area contributed by atoms with Gasteiger partial charge in [0, 0.05) is 28.9 Å². The molecule has 2 aromatic carbocycles. The van der Waals surface area contributed by atoms with Crippen molar-refractivity contribution in [3.63, 3.8) is 0 Å². The SMILES string of the molecule is Cc1cc(OCc2ccc(C(=O)Nc3ccn(Cc4ccc(F)cc4Cl)n3)o2)ccc1[N+](=O)[O-]. The second kappa shape index (κ2) is 9.75. The van der Waals surface area contributed by atoms with Gasteiger partial charge in [0.05, 0.1) is 11.5 Å². The highest BCUT2D eigenvalue weighted by atomic mass is 35.5. The van der Waals surface area contributed by atoms with Crippen LogP contribution in [0.1, 0.15) is 27.4 Å². The zero-order valence-electron chi connectivity index (χ0n) is 17.8. The summed E-state index contributed by atoms with van der Waals surface area (Å²) in [5.41, 5.74) is 1.17. The Morgan fingerprint density at radius 3 is 2.79 bits per heavy atom. The number of hydrogen-bond donors (Lipinski definition) is 1. The van der Waals surface area contributed by atoms with E-state index in [0.717, 1.165) is 0 Å². The number of rotatable bonds is 8. The van der Waals surface area contributed by atoms with Gasteiger partial charge < -0.3 is 14.5 Å². The van der Waals surface area contributed by atoms with E-state index in [0.29, 0.717) is 35.0 Å². The van der Waals surface area contributed by atoms with Crippen molar-refractivity contribution in [1.29, 1.82) is 0 Å². The topological polar surface area (TPSA) is 112 Å². The Morgan fingerprint density at radius 2 is 2.06 bits per heavy atom. The maximum absolute atomic E-state index is 13.2. The van der Waals surface area contributed by atoms with E-state index in [1.165, 1.54) is 30.3 Å². The zero-order chi connectivity index (χ0) is 24.2. The highest BCUT2D eigenvalue weighted by Crippen LogP contribution is 2.24. The summed E-state index contributed by atoms with van der Waals surface area (Å²) in [4.78, 5) is 22.9. The molecule has 0 saturated heterocycles. The summed E-state index contributed by atoms with van der Waals surface area (Å²) in [6, 6.07) is 13.3. The van der Waals surface area contributed by atoms with Crippen LogP contribution in [0.25, 0.3) is 0 Å². The van der Waals surface area contributed by atoms with E-state index in [9.17, 15) is 19.3 Å². The van der Waals surface area contributed by atoms with Crippen LogP contribution < -0.4 is 10.1 Å². The predicted molar refractivity (Wildman–Crippen MR) is 122 cm³/mol. The van der Waals surface area contributed by atoms with Gasteiger partial charge in [0.2, 0.25) is 0 Å². The van der Waals surface area contributed by atoms with Crippen molar-refractivity contribution in [1.82, 2.24) is 9.78 Å². The Hall–Kier alpha value is -4.18. The molecule has 0 saturated carbocycles. The number of ether oxygens (including phenoxy) is 1. The van der Waals surface area contributed by atoms with Gasteiger partial charge in [0.1, 0.15) is 23.9 Å². The summed E-state index contributed by atoms with van der Waals surface area (Å²) in [5, 5.41) is 18.1. The summed E-state index contributed by atoms with van der Waals surface area (Å²) in [6.45, 7) is 1.97. The fourth-order valence-corrected chi connectivity index (χ4v) is 3.40. The lowest BCUT2D eigenvalue weighted by Crippen LogP contribution is -2.12. The van der Waals surface area contributed by atoms with Crippen molar-refractivity contribution in [3.8, 4) is 5.75 Å². The first-order valence-corrected chi connectivity index (χ1v) is 10.4. The maximum Gasteiger partial charge on any atom is 0.292 e. The lowest BCUT2D eigenvalue weighted by molar-refractivity contribution is -0.385. The molecule has 174 valence electrons. The van der Waals surface area contributed by atoms with Gasteiger partial charge in [-0.15, -0.1) is 0 Å². The van der Waals surface area contributed by atoms with Gasteiger partial charge in [0.15, 0.2) is 11.6 Å². The summed E-state index contributed by atoms with van der Waals surface area (Å²) >= 11 is 6.04. The Labute approximate surface area is 197 Å². The van der Waals surface area contributed by atoms with Gasteiger partial charge in [-0.2, -0.15) is 5.10 Å². The Bertz CT molecular complexity index is 1370. The van der Waals surface area contributed by atoms with E-state index in [2.05, 4.69) is 10.4 Å². The number of furan rings is 1. The first-order chi connectivity index (χ1) is 16.3. The number of nitrogens with zero attached hydrogens (tertiary/aromatic N) is 3. The van der Waals surface area contributed by atoms with Crippen molar-refractivity contribution in [3.05, 3.63) is 104 Å². The second-order valence-corrected chi connectivity index (χ2v) is 7.76. The van der Waals surface area contributed by atoms with Crippen LogP contribution in [0.15, 0.2) is 65.2 Å². The van der Waals surface area contributed by atoms with Crippen LogP contribution >= 0.6 is 11.6 Å². The molecule has 11 heteroatoms. The molecule has 4 aromatic rings. The third kappa shape index (κ3) is 5.41. The quantitative estimate of drug-likeness (QED) is 0.266. The third-order valence-corrected chi connectivity index (χ3v) is 5.21. The molecular formula is C23H18ClFN4O5. The summed E-state index contributed by atoms with van der Waals surface area (Å²) in [5.74, 6) is 0.291. The number of nitro benzene ring substituents is 1. The van der Waals surface area contributed by atoms with Crippen molar-refractivity contribution in [2.24, 2.45) is 0 Å². The van der Waals surface area contributed by atoms with Crippen LogP contribution in [0.3, 0.4) is 0 Å². The largest absolute Gasteiger partial charge is 0.486 e. The number of anilines is 1. The minimum absolute atomic E-state index is 0.00695. The van der Waals surface area contributed by atoms with Crippen LogP contribution in [0.2, 0.25) is 5.02 Å². The smallest absolute Gasteiger partial charge is 0.292 e. The Kier molecular flexibility index (Phi) is 6.60. The number of amides is 1. The molecule has 1 N–H and O–H groups in total. The van der Waals surface area contributed by atoms with E-state index >= 15 is 0 Å². The molecule has 0 atom stereocenters. The third-order valence-electron chi connectivity index (χ3n) is 4.86. The molecule has 0 aliphatic heterocycles. The second-order valence-electron chi connectivity index (χ2n) is 7.35. The fraction of sp³-hybridized carbons (Fsp3) is 0.130. The number of carbonyl (C=O) groups is 1. The van der Waals surface area contributed by atoms with E-state index in [4.69, 9.17) is 20.8 Å². The Morgan fingerprint density at radius 1 is 1.24 bits per heavy atom. The van der Waals surface area contributed by atoms with Crippen LogP contribution in [0.5, 0.6) is 5.75 Å².